The Morgan fingerprint density at radius 1 is 1.05 bits per heavy atom. The van der Waals surface area contributed by atoms with E-state index >= 15 is 0 Å². The highest BCUT2D eigenvalue weighted by Crippen LogP contribution is 2.21. The summed E-state index contributed by atoms with van der Waals surface area (Å²) in [7, 11) is 0. The molecule has 2 aromatic rings. The second-order valence-corrected chi connectivity index (χ2v) is 5.33. The van der Waals surface area contributed by atoms with Gasteiger partial charge >= 0.3 is 5.97 Å². The molecule has 2 aromatic carbocycles. The van der Waals surface area contributed by atoms with Crippen LogP contribution < -0.4 is 10.1 Å². The van der Waals surface area contributed by atoms with E-state index in [0.29, 0.717) is 5.75 Å². The van der Waals surface area contributed by atoms with Crippen LogP contribution in [-0.4, -0.2) is 17.6 Å². The number of carbonyl (C=O) groups is 2. The van der Waals surface area contributed by atoms with Gasteiger partial charge in [0.1, 0.15) is 5.75 Å². The van der Waals surface area contributed by atoms with E-state index in [1.54, 1.807) is 24.3 Å². The van der Waals surface area contributed by atoms with E-state index in [1.165, 1.54) is 18.7 Å². The number of anilines is 1. The largest absolute Gasteiger partial charge is 0.426 e. The monoisotopic (exact) mass is 301 g/mol. The van der Waals surface area contributed by atoms with E-state index in [0.717, 1.165) is 10.6 Å². The van der Waals surface area contributed by atoms with Crippen LogP contribution in [0.5, 0.6) is 5.75 Å². The lowest BCUT2D eigenvalue weighted by Gasteiger charge is -2.05. The molecule has 1 N–H and O–H groups in total. The number of hydrogen-bond donors (Lipinski definition) is 1. The number of amides is 1. The van der Waals surface area contributed by atoms with E-state index in [2.05, 4.69) is 5.32 Å². The summed E-state index contributed by atoms with van der Waals surface area (Å²) in [6.45, 7) is 1.46. The Morgan fingerprint density at radius 2 is 1.71 bits per heavy atom. The Hall–Kier alpha value is -2.27. The van der Waals surface area contributed by atoms with E-state index in [-0.39, 0.29) is 17.6 Å². The minimum absolute atomic E-state index is 0.109. The van der Waals surface area contributed by atoms with Gasteiger partial charge in [0.25, 0.3) is 0 Å². The van der Waals surface area contributed by atoms with Gasteiger partial charge in [-0.3, -0.25) is 9.59 Å². The summed E-state index contributed by atoms with van der Waals surface area (Å²) in [6.07, 6.45) is 0. The van der Waals surface area contributed by atoms with Crippen molar-refractivity contribution in [1.82, 2.24) is 0 Å². The molecule has 0 fully saturated rings. The van der Waals surface area contributed by atoms with Crippen molar-refractivity contribution in [3.63, 3.8) is 0 Å². The van der Waals surface area contributed by atoms with Gasteiger partial charge in [0.05, 0.1) is 5.75 Å². The lowest BCUT2D eigenvalue weighted by molar-refractivity contribution is -0.131. The second kappa shape index (κ2) is 7.50. The third-order valence-corrected chi connectivity index (χ3v) is 3.49. The van der Waals surface area contributed by atoms with Gasteiger partial charge in [0.2, 0.25) is 5.91 Å². The molecule has 0 bridgehead atoms. The van der Waals surface area contributed by atoms with E-state index in [9.17, 15) is 9.59 Å². The minimum atomic E-state index is -0.294. The molecule has 5 heteroatoms. The number of esters is 1. The molecule has 0 aliphatic carbocycles. The van der Waals surface area contributed by atoms with Crippen LogP contribution in [0, 0.1) is 0 Å². The van der Waals surface area contributed by atoms with Crippen molar-refractivity contribution in [2.45, 2.75) is 11.8 Å². The van der Waals surface area contributed by atoms with Gasteiger partial charge in [-0.05, 0) is 36.4 Å². The Balaban J connectivity index is 1.82. The molecular weight excluding hydrogens is 286 g/mol. The molecule has 0 aliphatic heterocycles. The molecule has 0 heterocycles. The van der Waals surface area contributed by atoms with Crippen LogP contribution in [0.3, 0.4) is 0 Å². The predicted octanol–water partition coefficient (Wildman–Crippen LogP) is 3.34. The van der Waals surface area contributed by atoms with E-state index in [1.807, 2.05) is 30.3 Å². The summed E-state index contributed by atoms with van der Waals surface area (Å²) in [6, 6.07) is 16.3. The number of benzene rings is 2. The summed E-state index contributed by atoms with van der Waals surface area (Å²) in [5, 5.41) is 2.69. The maximum atomic E-state index is 11.7. The van der Waals surface area contributed by atoms with Crippen molar-refractivity contribution < 1.29 is 14.3 Å². The number of ether oxygens (including phenoxy) is 1. The molecule has 0 saturated heterocycles. The van der Waals surface area contributed by atoms with Crippen molar-refractivity contribution in [3.8, 4) is 5.75 Å². The molecule has 0 spiro atoms. The first-order chi connectivity index (χ1) is 10.1. The topological polar surface area (TPSA) is 55.4 Å². The van der Waals surface area contributed by atoms with Crippen LogP contribution in [-0.2, 0) is 9.59 Å². The maximum absolute atomic E-state index is 11.7. The molecule has 0 radical (unpaired) electrons. The van der Waals surface area contributed by atoms with Gasteiger partial charge in [-0.25, -0.2) is 0 Å². The summed E-state index contributed by atoms with van der Waals surface area (Å²) in [4.78, 5) is 23.5. The molecule has 0 unspecified atom stereocenters. The number of carbonyl (C=O) groups excluding carboxylic acids is 2. The predicted molar refractivity (Wildman–Crippen MR) is 83.5 cm³/mol. The Labute approximate surface area is 127 Å². The Morgan fingerprint density at radius 3 is 2.33 bits per heavy atom. The smallest absolute Gasteiger partial charge is 0.321 e. The highest BCUT2D eigenvalue weighted by Gasteiger charge is 2.06. The molecular formula is C16H15NO3S. The van der Waals surface area contributed by atoms with Gasteiger partial charge in [-0.2, -0.15) is 0 Å². The van der Waals surface area contributed by atoms with Gasteiger partial charge in [-0.15, -0.1) is 11.8 Å². The van der Waals surface area contributed by atoms with Crippen LogP contribution in [0.1, 0.15) is 6.92 Å². The van der Waals surface area contributed by atoms with Crippen LogP contribution in [0.15, 0.2) is 59.5 Å². The van der Waals surface area contributed by atoms with Crippen molar-refractivity contribution in [2.24, 2.45) is 0 Å². The number of thioether (sulfide) groups is 1. The molecule has 2 rings (SSSR count). The van der Waals surface area contributed by atoms with Crippen molar-refractivity contribution >= 4 is 29.3 Å². The maximum Gasteiger partial charge on any atom is 0.321 e. The lowest BCUT2D eigenvalue weighted by Crippen LogP contribution is -2.10. The highest BCUT2D eigenvalue weighted by molar-refractivity contribution is 8.00. The minimum Gasteiger partial charge on any atom is -0.426 e. The van der Waals surface area contributed by atoms with Gasteiger partial charge in [0, 0.05) is 17.5 Å². The number of para-hydroxylation sites is 1. The summed E-state index contributed by atoms with van der Waals surface area (Å²) in [5.74, 6) is 0.372. The highest BCUT2D eigenvalue weighted by atomic mass is 32.2. The first kappa shape index (κ1) is 15.1. The van der Waals surface area contributed by atoms with Crippen LogP contribution in [0.4, 0.5) is 5.69 Å². The quantitative estimate of drug-likeness (QED) is 0.523. The summed E-state index contributed by atoms with van der Waals surface area (Å²) < 4.78 is 5.20. The Bertz CT molecular complexity index is 611. The SMILES string of the molecule is CC(=O)Nc1ccc(SCC(=O)Oc2ccccc2)cc1. The number of hydrogen-bond acceptors (Lipinski definition) is 4. The molecule has 21 heavy (non-hydrogen) atoms. The number of rotatable bonds is 5. The van der Waals surface area contributed by atoms with Crippen LogP contribution in [0.25, 0.3) is 0 Å². The normalized spacial score (nSPS) is 9.95. The average Bonchev–Trinajstić information content (AvgIpc) is 2.47. The average molecular weight is 301 g/mol. The van der Waals surface area contributed by atoms with Crippen LogP contribution >= 0.6 is 11.8 Å². The molecule has 4 nitrogen and oxygen atoms in total. The number of nitrogens with one attached hydrogen (secondary N) is 1. The summed E-state index contributed by atoms with van der Waals surface area (Å²) >= 11 is 1.39. The molecule has 0 saturated carbocycles. The van der Waals surface area contributed by atoms with Crippen molar-refractivity contribution in [2.75, 3.05) is 11.1 Å². The zero-order valence-corrected chi connectivity index (χ0v) is 12.4. The van der Waals surface area contributed by atoms with Crippen LogP contribution in [0.2, 0.25) is 0 Å². The van der Waals surface area contributed by atoms with Gasteiger partial charge < -0.3 is 10.1 Å². The fourth-order valence-corrected chi connectivity index (χ4v) is 2.30. The summed E-state index contributed by atoms with van der Waals surface area (Å²) in [5.41, 5.74) is 0.735. The van der Waals surface area contributed by atoms with Crippen molar-refractivity contribution in [3.05, 3.63) is 54.6 Å². The molecule has 1 amide bonds. The standard InChI is InChI=1S/C16H15NO3S/c1-12(18)17-13-7-9-15(10-8-13)21-11-16(19)20-14-5-3-2-4-6-14/h2-10H,11H2,1H3,(H,17,18). The lowest BCUT2D eigenvalue weighted by atomic mass is 10.3. The Kier molecular flexibility index (Phi) is 5.40. The fraction of sp³-hybridized carbons (Fsp3) is 0.125. The first-order valence-corrected chi connectivity index (χ1v) is 7.38. The molecule has 108 valence electrons. The third-order valence-electron chi connectivity index (χ3n) is 2.51. The fourth-order valence-electron chi connectivity index (χ4n) is 1.63. The zero-order chi connectivity index (χ0) is 15.1. The molecule has 0 aliphatic rings. The van der Waals surface area contributed by atoms with Crippen molar-refractivity contribution in [1.29, 1.82) is 0 Å². The third kappa shape index (κ3) is 5.31. The second-order valence-electron chi connectivity index (χ2n) is 4.28. The van der Waals surface area contributed by atoms with Gasteiger partial charge in [0.15, 0.2) is 0 Å². The van der Waals surface area contributed by atoms with E-state index in [4.69, 9.17) is 4.74 Å². The van der Waals surface area contributed by atoms with Gasteiger partial charge in [-0.1, -0.05) is 18.2 Å². The molecule has 0 atom stereocenters. The zero-order valence-electron chi connectivity index (χ0n) is 11.5. The molecule has 0 aromatic heterocycles. The first-order valence-electron chi connectivity index (χ1n) is 6.39. The van der Waals surface area contributed by atoms with E-state index < -0.39 is 0 Å².